The first-order valence-electron chi connectivity index (χ1n) is 30.5. The van der Waals surface area contributed by atoms with Crippen molar-refractivity contribution in [3.05, 3.63) is 0 Å². The van der Waals surface area contributed by atoms with E-state index in [2.05, 4.69) is 74.4 Å². The average Bonchev–Trinajstić information content (AvgIpc) is 4.17. The molecule has 12 saturated heterocycles. The number of β-amino-alcohol motifs (C(OH)–C–C–N with tert-alkyl or cyclic N) is 3. The fraction of sp³-hybridized carbons (Fsp3) is 1.00. The van der Waals surface area contributed by atoms with Gasteiger partial charge < -0.3 is 78.9 Å². The SMILES string of the molecule is CN1CC(C)(O)C1.CN1CC(F)(F)C1.CN1CC(F)C1.CN1CC(O)C1.CN1CCC(F)(F)C1.CN1CCC(F)(F)CC1.CN1CCC(F)C1.CN1CCC(O)C1.CN1CCC1.CN1CCCC1.CN1CCN(C)CC1.CN1CCOCC1. The second kappa shape index (κ2) is 41.9. The van der Waals surface area contributed by atoms with Gasteiger partial charge in [-0.2, -0.15) is 0 Å². The highest BCUT2D eigenvalue weighted by Crippen LogP contribution is 2.27. The van der Waals surface area contributed by atoms with Gasteiger partial charge in [0.2, 0.25) is 0 Å². The van der Waals surface area contributed by atoms with E-state index in [9.17, 15) is 35.1 Å². The molecule has 0 amide bonds. The topological polar surface area (TPSA) is 112 Å². The summed E-state index contributed by atoms with van der Waals surface area (Å²) in [6, 6.07) is 0. The number of alkyl halides is 8. The van der Waals surface area contributed by atoms with Gasteiger partial charge in [-0.15, -0.1) is 0 Å². The third-order valence-corrected chi connectivity index (χ3v) is 15.4. The first kappa shape index (κ1) is 79.8. The maximum atomic E-state index is 12.4. The number of rotatable bonds is 0. The molecule has 3 N–H and O–H groups in total. The minimum Gasteiger partial charge on any atom is -0.392 e. The van der Waals surface area contributed by atoms with Crippen molar-refractivity contribution in [2.75, 3.05) is 275 Å². The van der Waals surface area contributed by atoms with Crippen molar-refractivity contribution in [3.63, 3.8) is 0 Å². The third-order valence-electron chi connectivity index (χ3n) is 15.4. The molecule has 12 fully saturated rings. The monoisotopic (exact) mass is 1220 g/mol. The Balaban J connectivity index is 0.000000454. The maximum Gasteiger partial charge on any atom is 0.272 e. The van der Waals surface area contributed by atoms with Crippen LogP contribution in [0.4, 0.5) is 35.1 Å². The summed E-state index contributed by atoms with van der Waals surface area (Å²) in [5.41, 5.74) is -0.380. The van der Waals surface area contributed by atoms with Crippen LogP contribution in [-0.4, -0.2) is 402 Å². The van der Waals surface area contributed by atoms with Crippen molar-refractivity contribution in [2.45, 2.75) is 106 Å². The Bertz CT molecular complexity index is 1460. The average molecular weight is 1220 g/mol. The van der Waals surface area contributed by atoms with Crippen LogP contribution in [0.25, 0.3) is 0 Å². The van der Waals surface area contributed by atoms with Gasteiger partial charge in [-0.3, -0.25) is 4.90 Å². The van der Waals surface area contributed by atoms with Gasteiger partial charge in [0.05, 0.1) is 50.7 Å². The number of likely N-dealkylation sites (tertiary alicyclic amines) is 10. The molecule has 12 heterocycles. The predicted octanol–water partition coefficient (Wildman–Crippen LogP) is 3.31. The normalized spacial score (nSPS) is 28.6. The number of morpholine rings is 1. The molecule has 0 spiro atoms. The van der Waals surface area contributed by atoms with E-state index in [0.29, 0.717) is 39.3 Å². The Morgan fingerprint density at radius 2 is 0.675 bits per heavy atom. The zero-order valence-corrected chi connectivity index (χ0v) is 54.4. The lowest BCUT2D eigenvalue weighted by Crippen LogP contribution is -2.57. The molecule has 0 aromatic heterocycles. The minimum absolute atomic E-state index is 0.0312. The number of hydrogen-bond donors (Lipinski definition) is 3. The van der Waals surface area contributed by atoms with E-state index in [-0.39, 0.29) is 56.7 Å². The summed E-state index contributed by atoms with van der Waals surface area (Å²) >= 11 is 0. The third kappa shape index (κ3) is 44.0. The standard InChI is InChI=1S/C6H11F2N.C6H14N2.C5H9F2N.C5H10FN.3C5H11NO.C5H11N.C4H7F2N.C4H8FN.C4H9NO.C4H9N/c1-9-4-2-6(7,8)3-5-9;1-7-3-5-8(2)6-4-7;1-8-3-2-5(6,7)4-8;1-7-3-2-5(6)4-7;1-5(7)3-6(2)4-5;1-6-2-4-7-5-3-6;1-6-3-2-5(7)4-6;1-6-4-2-3-5-6;1-7-2-4(5,6)3-7;1-6-2-4(5)3-6;1-5-2-4(6)3-5;1-5-3-2-4-5/h2-5H2,1H3;3-6H2,1-2H3;2-4H2,1H3;5H,2-4H2,1H3;7H,3-4H2,1-2H3;2-5H2,1H3;5,7H,2-4H2,1H3;2-5H2,1H3;2-3H2,1H3;4H,2-3H2,1H3;4,6H,2-3H2,1H3;2-4H2,1H3. The molecule has 12 rings (SSSR count). The fourth-order valence-electron chi connectivity index (χ4n) is 9.71. The smallest absolute Gasteiger partial charge is 0.272 e. The zero-order chi connectivity index (χ0) is 63.0. The van der Waals surface area contributed by atoms with E-state index < -0.39 is 30.1 Å². The number of likely N-dealkylation sites (N-methyl/N-ethyl adjacent to an activating group) is 6. The Hall–Kier alpha value is -1.24. The van der Waals surface area contributed by atoms with E-state index in [1.165, 1.54) is 71.6 Å². The Morgan fingerprint density at radius 3 is 0.807 bits per heavy atom. The highest BCUT2D eigenvalue weighted by Gasteiger charge is 2.41. The molecule has 12 aliphatic heterocycles. The van der Waals surface area contributed by atoms with Gasteiger partial charge in [0.25, 0.3) is 17.8 Å². The van der Waals surface area contributed by atoms with E-state index in [1.807, 2.05) is 63.9 Å². The van der Waals surface area contributed by atoms with Gasteiger partial charge >= 0.3 is 0 Å². The van der Waals surface area contributed by atoms with Gasteiger partial charge in [-0.25, -0.2) is 35.1 Å². The number of piperazine rings is 1. The second-order valence-electron chi connectivity index (χ2n) is 25.9. The summed E-state index contributed by atoms with van der Waals surface area (Å²) in [6.45, 7) is 25.6. The Morgan fingerprint density at radius 1 is 0.325 bits per heavy atom. The molecule has 17 nitrogen and oxygen atoms in total. The van der Waals surface area contributed by atoms with E-state index >= 15 is 0 Å². The molecule has 0 aromatic rings. The van der Waals surface area contributed by atoms with Gasteiger partial charge in [-0.05, 0) is 157 Å². The minimum atomic E-state index is -2.41. The van der Waals surface area contributed by atoms with Crippen molar-refractivity contribution in [1.29, 1.82) is 0 Å². The first-order valence-corrected chi connectivity index (χ1v) is 30.5. The van der Waals surface area contributed by atoms with Crippen LogP contribution >= 0.6 is 0 Å². The number of ether oxygens (including phenoxy) is 1. The molecular formula is C58H121F8N13O4. The maximum absolute atomic E-state index is 12.4. The molecule has 12 aliphatic rings. The molecule has 0 radical (unpaired) electrons. The number of aliphatic hydroxyl groups is 3. The lowest BCUT2D eigenvalue weighted by atomic mass is 9.98. The number of hydrogen-bond acceptors (Lipinski definition) is 17. The quantitative estimate of drug-likeness (QED) is 0.309. The summed E-state index contributed by atoms with van der Waals surface area (Å²) in [7, 11) is 25.9. The molecule has 83 heavy (non-hydrogen) atoms. The molecule has 2 atom stereocenters. The largest absolute Gasteiger partial charge is 0.392 e. The van der Waals surface area contributed by atoms with Gasteiger partial charge in [-0.1, -0.05) is 0 Å². The van der Waals surface area contributed by atoms with Crippen LogP contribution in [0.5, 0.6) is 0 Å². The zero-order valence-electron chi connectivity index (χ0n) is 54.4. The molecule has 0 aromatic carbocycles. The molecule has 25 heteroatoms. The van der Waals surface area contributed by atoms with Crippen LogP contribution in [0.15, 0.2) is 0 Å². The van der Waals surface area contributed by atoms with Crippen molar-refractivity contribution < 1.29 is 55.2 Å². The van der Waals surface area contributed by atoms with E-state index in [4.69, 9.17) is 20.1 Å². The fourth-order valence-corrected chi connectivity index (χ4v) is 9.71. The number of aliphatic hydroxyl groups excluding tert-OH is 2. The van der Waals surface area contributed by atoms with E-state index in [0.717, 1.165) is 85.0 Å². The summed E-state index contributed by atoms with van der Waals surface area (Å²) < 4.78 is 101. The Labute approximate surface area is 498 Å². The second-order valence-corrected chi connectivity index (χ2v) is 25.9. The molecule has 498 valence electrons. The highest BCUT2D eigenvalue weighted by atomic mass is 19.3. The van der Waals surface area contributed by atoms with Crippen LogP contribution in [0.1, 0.15) is 58.3 Å². The van der Waals surface area contributed by atoms with Crippen molar-refractivity contribution in [2.24, 2.45) is 0 Å². The van der Waals surface area contributed by atoms with Crippen molar-refractivity contribution in [1.82, 2.24) is 63.7 Å². The lowest BCUT2D eigenvalue weighted by molar-refractivity contribution is -0.119. The van der Waals surface area contributed by atoms with Crippen LogP contribution in [-0.2, 0) is 4.74 Å². The number of piperidine rings is 1. The summed E-state index contributed by atoms with van der Waals surface area (Å²) in [5.74, 6) is -7.17. The Kier molecular flexibility index (Phi) is 40.3. The van der Waals surface area contributed by atoms with Crippen molar-refractivity contribution >= 4 is 0 Å². The molecule has 2 unspecified atom stereocenters. The van der Waals surface area contributed by atoms with Crippen molar-refractivity contribution in [3.8, 4) is 0 Å². The van der Waals surface area contributed by atoms with Gasteiger partial charge in [0.1, 0.15) is 12.3 Å². The molecular weight excluding hydrogens is 1090 g/mol. The summed E-state index contributed by atoms with van der Waals surface area (Å²) in [4.78, 5) is 27.0. The van der Waals surface area contributed by atoms with E-state index in [1.54, 1.807) is 23.9 Å². The number of nitrogens with zero attached hydrogens (tertiary/aromatic N) is 13. The molecule has 0 saturated carbocycles. The number of halogens is 8. The summed E-state index contributed by atoms with van der Waals surface area (Å²) in [6.07, 6.45) is 4.85. The van der Waals surface area contributed by atoms with Crippen LogP contribution < -0.4 is 0 Å². The lowest BCUT2D eigenvalue weighted by Gasteiger charge is -2.41. The first-order chi connectivity index (χ1) is 38.5. The van der Waals surface area contributed by atoms with Gasteiger partial charge in [0.15, 0.2) is 0 Å². The van der Waals surface area contributed by atoms with Crippen LogP contribution in [0, 0.1) is 0 Å². The van der Waals surface area contributed by atoms with Crippen LogP contribution in [0.3, 0.4) is 0 Å². The molecule has 0 aliphatic carbocycles. The predicted molar refractivity (Wildman–Crippen MR) is 322 cm³/mol. The van der Waals surface area contributed by atoms with Crippen LogP contribution in [0.2, 0.25) is 0 Å². The molecule has 0 bridgehead atoms. The highest BCUT2D eigenvalue weighted by molar-refractivity contribution is 4.89. The summed E-state index contributed by atoms with van der Waals surface area (Å²) in [5, 5.41) is 26.5. The van der Waals surface area contributed by atoms with Gasteiger partial charge in [0, 0.05) is 144 Å².